The van der Waals surface area contributed by atoms with Crippen molar-refractivity contribution in [3.8, 4) is 11.1 Å². The van der Waals surface area contributed by atoms with Crippen molar-refractivity contribution < 1.29 is 17.6 Å². The van der Waals surface area contributed by atoms with E-state index in [1.165, 1.54) is 0 Å². The summed E-state index contributed by atoms with van der Waals surface area (Å²) in [6, 6.07) is 9.45. The fourth-order valence-electron chi connectivity index (χ4n) is 6.92. The summed E-state index contributed by atoms with van der Waals surface area (Å²) in [6.45, 7) is 3.61. The first-order chi connectivity index (χ1) is 26.0. The molecule has 0 saturated heterocycles. The van der Waals surface area contributed by atoms with Crippen LogP contribution in [-0.2, 0) is 13.1 Å². The number of pyridine rings is 2. The highest BCUT2D eigenvalue weighted by molar-refractivity contribution is 9.10. The smallest absolute Gasteiger partial charge is 0.281 e. The number of anilines is 1. The minimum atomic E-state index is -0.719. The Kier molecular flexibility index (Phi) is 8.60. The number of hydrogen-bond acceptors (Lipinski definition) is 9. The van der Waals surface area contributed by atoms with E-state index in [-0.39, 0.29) is 70.4 Å². The van der Waals surface area contributed by atoms with Crippen LogP contribution in [-0.4, -0.2) is 19.1 Å². The largest absolute Gasteiger partial charge is 0.440 e. The molecule has 7 aromatic rings. The van der Waals surface area contributed by atoms with Crippen LogP contribution in [0.1, 0.15) is 60.7 Å². The number of rotatable bonds is 7. The lowest BCUT2D eigenvalue weighted by Gasteiger charge is -2.16. The molecule has 54 heavy (non-hydrogen) atoms. The Morgan fingerprint density at radius 1 is 0.796 bits per heavy atom. The summed E-state index contributed by atoms with van der Waals surface area (Å²) in [5, 5.41) is 8.38. The average Bonchev–Trinajstić information content (AvgIpc) is 4.09. The van der Waals surface area contributed by atoms with Crippen LogP contribution in [0.2, 0.25) is 0 Å². The molecule has 0 amide bonds. The van der Waals surface area contributed by atoms with Crippen LogP contribution in [0.15, 0.2) is 69.5 Å². The van der Waals surface area contributed by atoms with Crippen molar-refractivity contribution in [3.05, 3.63) is 117 Å². The van der Waals surface area contributed by atoms with Gasteiger partial charge in [0.1, 0.15) is 24.7 Å². The quantitative estimate of drug-likeness (QED) is 0.0711. The number of nitrogens with two attached hydrogens (primary N) is 1. The van der Waals surface area contributed by atoms with Gasteiger partial charge in [0.25, 0.3) is 11.1 Å². The number of nitrogens with zero attached hydrogens (tertiary/aromatic N) is 10. The molecule has 0 radical (unpaired) electrons. The lowest BCUT2D eigenvalue weighted by molar-refractivity contribution is 0.534. The van der Waals surface area contributed by atoms with Gasteiger partial charge >= 0.3 is 0 Å². The Bertz CT molecular complexity index is 2950. The van der Waals surface area contributed by atoms with E-state index in [0.717, 1.165) is 58.8 Å². The van der Waals surface area contributed by atoms with Crippen LogP contribution in [0.4, 0.5) is 14.5 Å². The molecule has 2 fully saturated rings. The molecule has 0 bridgehead atoms. The first-order valence-electron chi connectivity index (χ1n) is 16.9. The van der Waals surface area contributed by atoms with Gasteiger partial charge in [0.05, 0.1) is 16.7 Å². The molecule has 0 aliphatic heterocycles. The molecule has 0 spiro atoms. The second kappa shape index (κ2) is 13.3. The fourth-order valence-corrected chi connectivity index (χ4v) is 7.24. The predicted molar refractivity (Wildman–Crippen MR) is 201 cm³/mol. The number of aryl methyl sites for hydroxylation is 2. The van der Waals surface area contributed by atoms with Crippen LogP contribution in [0, 0.1) is 25.5 Å². The first-order valence-corrected chi connectivity index (χ1v) is 17.7. The van der Waals surface area contributed by atoms with Gasteiger partial charge in [0.2, 0.25) is 11.8 Å². The number of nitrogen functional groups attached to an aromatic ring is 1. The van der Waals surface area contributed by atoms with Crippen LogP contribution in [0.3, 0.4) is 0 Å². The molecule has 4 heterocycles. The van der Waals surface area contributed by atoms with Crippen molar-refractivity contribution in [1.29, 1.82) is 0 Å². The van der Waals surface area contributed by atoms with Gasteiger partial charge in [-0.15, -0.1) is 0 Å². The second-order valence-electron chi connectivity index (χ2n) is 13.2. The second-order valence-corrected chi connectivity index (χ2v) is 14.1. The number of hydrogen-bond donors (Lipinski definition) is 1. The zero-order valence-electron chi connectivity index (χ0n) is 28.7. The van der Waals surface area contributed by atoms with Crippen molar-refractivity contribution in [2.24, 2.45) is 10.2 Å². The van der Waals surface area contributed by atoms with Crippen LogP contribution >= 0.6 is 15.9 Å². The zero-order chi connectivity index (χ0) is 38.0. The van der Waals surface area contributed by atoms with Crippen LogP contribution in [0.5, 0.6) is 0 Å². The third kappa shape index (κ3) is 5.80. The molecule has 272 valence electrons. The Labute approximate surface area is 310 Å². The van der Waals surface area contributed by atoms with Crippen molar-refractivity contribution in [1.82, 2.24) is 19.1 Å². The molecule has 0 unspecified atom stereocenters. The average molecular weight is 797 g/mol. The SMILES string of the molecule is Cc1c(-c2cc(F)c(N)cc2F)ccc2c3oc(CN=[N+]=[N-])nc3c(=O)n(C3CC3)c12.Cc1c(Br)ccc2c3oc(CN=[N+]=[N-])nc3c(=O)n(C3CC3)c12. The van der Waals surface area contributed by atoms with Gasteiger partial charge in [-0.25, -0.2) is 18.7 Å². The molecule has 2 saturated carbocycles. The molecule has 2 N–H and O–H groups in total. The molecule has 2 aliphatic rings. The van der Waals surface area contributed by atoms with Gasteiger partial charge in [-0.2, -0.15) is 0 Å². The van der Waals surface area contributed by atoms with Crippen LogP contribution < -0.4 is 16.9 Å². The zero-order valence-corrected chi connectivity index (χ0v) is 30.3. The van der Waals surface area contributed by atoms with E-state index in [1.54, 1.807) is 23.6 Å². The Balaban J connectivity index is 0.000000160. The molecule has 15 nitrogen and oxygen atoms in total. The summed E-state index contributed by atoms with van der Waals surface area (Å²) in [5.41, 5.74) is 26.5. The van der Waals surface area contributed by atoms with Crippen molar-refractivity contribution >= 4 is 65.6 Å². The van der Waals surface area contributed by atoms with Gasteiger partial charge in [0, 0.05) is 48.8 Å². The summed E-state index contributed by atoms with van der Waals surface area (Å²) in [5.74, 6) is -0.985. The van der Waals surface area contributed by atoms with E-state index < -0.39 is 11.6 Å². The Hall–Kier alpha value is -6.22. The van der Waals surface area contributed by atoms with Gasteiger partial charge in [0.15, 0.2) is 22.2 Å². The summed E-state index contributed by atoms with van der Waals surface area (Å²) < 4.78 is 44.6. The molecule has 3 aromatic carbocycles. The number of fused-ring (bicyclic) bond motifs is 6. The van der Waals surface area contributed by atoms with Gasteiger partial charge in [-0.3, -0.25) is 9.59 Å². The number of oxazole rings is 2. The predicted octanol–water partition coefficient (Wildman–Crippen LogP) is 9.48. The van der Waals surface area contributed by atoms with Crippen molar-refractivity contribution in [2.45, 2.75) is 64.7 Å². The minimum absolute atomic E-state index is 0.00127. The lowest BCUT2D eigenvalue weighted by atomic mass is 9.96. The minimum Gasteiger partial charge on any atom is -0.440 e. The van der Waals surface area contributed by atoms with Crippen molar-refractivity contribution in [3.63, 3.8) is 0 Å². The third-order valence-electron chi connectivity index (χ3n) is 9.69. The maximum Gasteiger partial charge on any atom is 0.281 e. The van der Waals surface area contributed by atoms with Crippen LogP contribution in [0.25, 0.3) is 76.0 Å². The molecular weight excluding hydrogens is 768 g/mol. The molecule has 9 rings (SSSR count). The monoisotopic (exact) mass is 795 g/mol. The third-order valence-corrected chi connectivity index (χ3v) is 10.6. The van der Waals surface area contributed by atoms with E-state index >= 15 is 0 Å². The Morgan fingerprint density at radius 3 is 1.80 bits per heavy atom. The summed E-state index contributed by atoms with van der Waals surface area (Å²) >= 11 is 3.53. The number of halogens is 3. The lowest BCUT2D eigenvalue weighted by Crippen LogP contribution is -2.20. The van der Waals surface area contributed by atoms with Gasteiger partial charge in [-0.05, 0) is 91.5 Å². The van der Waals surface area contributed by atoms with Gasteiger partial charge < -0.3 is 23.7 Å². The van der Waals surface area contributed by atoms with E-state index in [0.29, 0.717) is 33.1 Å². The molecular formula is C36H28BrF2N11O4. The summed E-state index contributed by atoms with van der Waals surface area (Å²) in [7, 11) is 0. The maximum atomic E-state index is 14.6. The molecule has 18 heteroatoms. The van der Waals surface area contributed by atoms with E-state index in [2.05, 4.69) is 45.9 Å². The number of benzene rings is 3. The topological polar surface area (TPSA) is 220 Å². The molecule has 0 atom stereocenters. The van der Waals surface area contributed by atoms with E-state index in [9.17, 15) is 18.4 Å². The summed E-state index contributed by atoms with van der Waals surface area (Å²) in [6.07, 6.45) is 3.66. The van der Waals surface area contributed by atoms with Crippen molar-refractivity contribution in [2.75, 3.05) is 5.73 Å². The number of aromatic nitrogens is 4. The highest BCUT2D eigenvalue weighted by Gasteiger charge is 2.31. The summed E-state index contributed by atoms with van der Waals surface area (Å²) in [4.78, 5) is 40.0. The highest BCUT2D eigenvalue weighted by Crippen LogP contribution is 2.42. The fraction of sp³-hybridized carbons (Fsp3) is 0.278. The first kappa shape index (κ1) is 34.8. The molecule has 2 aliphatic carbocycles. The maximum absolute atomic E-state index is 14.6. The highest BCUT2D eigenvalue weighted by atomic mass is 79.9. The van der Waals surface area contributed by atoms with Gasteiger partial charge in [-0.1, -0.05) is 32.2 Å². The normalized spacial score (nSPS) is 13.9. The molecule has 4 aromatic heterocycles. The van der Waals surface area contributed by atoms with E-state index in [1.807, 2.05) is 23.6 Å². The van der Waals surface area contributed by atoms with E-state index in [4.69, 9.17) is 25.6 Å². The number of azide groups is 2. The standard InChI is InChI=1S/C21H16F2N6O2.C15H12BrN5O2/c1-9-11(13-6-15(23)16(24)7-14(13)22)4-5-12-19(9)29(10-2-3-10)21(30)18-20(12)31-17(27-18)8-26-28-25;1-7-10(16)5-4-9-13(7)21(8-2-3-8)15(22)12-14(9)23-11(19-12)6-18-20-17/h4-7,10H,2-3,8,24H2,1H3;4-5,8H,2-3,6H2,1H3. The Morgan fingerprint density at radius 2 is 1.30 bits per heavy atom.